The molecule has 0 aromatic heterocycles. The molecule has 0 bridgehead atoms. The second-order valence-electron chi connectivity index (χ2n) is 5.61. The maximum atomic E-state index is 12.4. The van der Waals surface area contributed by atoms with E-state index in [4.69, 9.17) is 0 Å². The number of benzene rings is 1. The first-order valence-corrected chi connectivity index (χ1v) is 6.98. The van der Waals surface area contributed by atoms with E-state index in [1.165, 1.54) is 18.4 Å². The number of anilines is 1. The van der Waals surface area contributed by atoms with E-state index in [-0.39, 0.29) is 6.03 Å². The number of hydrogen-bond donors (Lipinski definition) is 1. The molecule has 1 aliphatic heterocycles. The van der Waals surface area contributed by atoms with Crippen molar-refractivity contribution in [1.82, 2.24) is 10.2 Å². The summed E-state index contributed by atoms with van der Waals surface area (Å²) >= 11 is 0. The van der Waals surface area contributed by atoms with Crippen molar-refractivity contribution in [3.63, 3.8) is 0 Å². The second kappa shape index (κ2) is 4.85. The number of carbonyl (C=O) groups is 1. The number of fused-ring (bicyclic) bond motifs is 1. The Hall–Kier alpha value is -1.55. The Labute approximate surface area is 114 Å². The van der Waals surface area contributed by atoms with E-state index in [2.05, 4.69) is 17.4 Å². The first-order chi connectivity index (χ1) is 9.20. The number of urea groups is 1. The standard InChI is InChI=1S/C15H21N3O/c1-16-13(11-7-8-11)10-18-14-6-4-3-5-12(14)9-17(2)15(18)19/h3-6,11,13,16H,7-10H2,1-2H3. The highest BCUT2D eigenvalue weighted by Crippen LogP contribution is 2.35. The van der Waals surface area contributed by atoms with Crippen LogP contribution in [0.4, 0.5) is 10.5 Å². The van der Waals surface area contributed by atoms with Crippen molar-refractivity contribution in [2.24, 2.45) is 5.92 Å². The summed E-state index contributed by atoms with van der Waals surface area (Å²) in [6, 6.07) is 8.73. The Morgan fingerprint density at radius 3 is 2.79 bits per heavy atom. The minimum atomic E-state index is 0.111. The Balaban J connectivity index is 1.87. The number of nitrogens with one attached hydrogen (secondary N) is 1. The lowest BCUT2D eigenvalue weighted by Gasteiger charge is -2.37. The van der Waals surface area contributed by atoms with Crippen LogP contribution in [0.25, 0.3) is 0 Å². The Kier molecular flexibility index (Phi) is 3.19. The summed E-state index contributed by atoms with van der Waals surface area (Å²) in [6.07, 6.45) is 2.57. The average molecular weight is 259 g/mol. The van der Waals surface area contributed by atoms with Gasteiger partial charge in [0.1, 0.15) is 0 Å². The number of amides is 2. The molecule has 1 fully saturated rings. The zero-order valence-electron chi connectivity index (χ0n) is 11.6. The quantitative estimate of drug-likeness (QED) is 0.898. The van der Waals surface area contributed by atoms with Gasteiger partial charge in [-0.1, -0.05) is 18.2 Å². The Morgan fingerprint density at radius 1 is 1.37 bits per heavy atom. The number of likely N-dealkylation sites (N-methyl/N-ethyl adjacent to an activating group) is 1. The first kappa shape index (κ1) is 12.5. The van der Waals surface area contributed by atoms with Gasteiger partial charge in [-0.15, -0.1) is 0 Å². The molecule has 0 spiro atoms. The molecule has 2 aliphatic rings. The van der Waals surface area contributed by atoms with Crippen molar-refractivity contribution in [2.45, 2.75) is 25.4 Å². The van der Waals surface area contributed by atoms with E-state index in [0.717, 1.165) is 18.2 Å². The molecule has 1 atom stereocenters. The number of hydrogen-bond acceptors (Lipinski definition) is 2. The summed E-state index contributed by atoms with van der Waals surface area (Å²) in [6.45, 7) is 1.47. The molecular formula is C15H21N3O. The fourth-order valence-corrected chi connectivity index (χ4v) is 2.89. The molecule has 3 rings (SSSR count). The maximum Gasteiger partial charge on any atom is 0.324 e. The van der Waals surface area contributed by atoms with Crippen LogP contribution in [0.15, 0.2) is 24.3 Å². The molecule has 2 amide bonds. The fourth-order valence-electron chi connectivity index (χ4n) is 2.89. The van der Waals surface area contributed by atoms with Crippen LogP contribution in [0, 0.1) is 5.92 Å². The molecule has 4 heteroatoms. The van der Waals surface area contributed by atoms with Gasteiger partial charge in [0.05, 0.1) is 5.69 Å². The highest BCUT2D eigenvalue weighted by Gasteiger charge is 2.35. The summed E-state index contributed by atoms with van der Waals surface area (Å²) in [5, 5.41) is 3.37. The third-order valence-corrected chi connectivity index (χ3v) is 4.19. The summed E-state index contributed by atoms with van der Waals surface area (Å²) < 4.78 is 0. The number of carbonyl (C=O) groups excluding carboxylic acids is 1. The van der Waals surface area contributed by atoms with Crippen molar-refractivity contribution in [3.05, 3.63) is 29.8 Å². The van der Waals surface area contributed by atoms with Crippen molar-refractivity contribution in [1.29, 1.82) is 0 Å². The summed E-state index contributed by atoms with van der Waals surface area (Å²) in [7, 11) is 3.86. The molecule has 1 heterocycles. The van der Waals surface area contributed by atoms with Crippen LogP contribution in [-0.2, 0) is 6.54 Å². The molecule has 102 valence electrons. The van der Waals surface area contributed by atoms with E-state index < -0.39 is 0 Å². The average Bonchev–Trinajstić information content (AvgIpc) is 3.24. The van der Waals surface area contributed by atoms with Gasteiger partial charge in [-0.25, -0.2) is 4.79 Å². The van der Waals surface area contributed by atoms with E-state index in [0.29, 0.717) is 12.6 Å². The third-order valence-electron chi connectivity index (χ3n) is 4.19. The smallest absolute Gasteiger partial charge is 0.323 e. The van der Waals surface area contributed by atoms with Gasteiger partial charge in [0.15, 0.2) is 0 Å². The van der Waals surface area contributed by atoms with Crippen molar-refractivity contribution < 1.29 is 4.79 Å². The van der Waals surface area contributed by atoms with Crippen molar-refractivity contribution in [2.75, 3.05) is 25.5 Å². The minimum Gasteiger partial charge on any atom is -0.323 e. The molecular weight excluding hydrogens is 238 g/mol. The molecule has 1 aliphatic carbocycles. The highest BCUT2D eigenvalue weighted by molar-refractivity contribution is 5.94. The van der Waals surface area contributed by atoms with Crippen LogP contribution in [-0.4, -0.2) is 37.6 Å². The summed E-state index contributed by atoms with van der Waals surface area (Å²) in [5.41, 5.74) is 2.31. The lowest BCUT2D eigenvalue weighted by atomic mass is 10.1. The molecule has 1 aromatic carbocycles. The molecule has 19 heavy (non-hydrogen) atoms. The van der Waals surface area contributed by atoms with Crippen LogP contribution in [0.2, 0.25) is 0 Å². The Morgan fingerprint density at radius 2 is 2.11 bits per heavy atom. The largest absolute Gasteiger partial charge is 0.324 e. The predicted molar refractivity (Wildman–Crippen MR) is 76.2 cm³/mol. The Bertz CT molecular complexity index is 484. The van der Waals surface area contributed by atoms with Crippen LogP contribution < -0.4 is 10.2 Å². The molecule has 1 unspecified atom stereocenters. The zero-order chi connectivity index (χ0) is 13.4. The van der Waals surface area contributed by atoms with Gasteiger partial charge in [0, 0.05) is 26.2 Å². The maximum absolute atomic E-state index is 12.4. The van der Waals surface area contributed by atoms with Gasteiger partial charge in [0.25, 0.3) is 0 Å². The zero-order valence-corrected chi connectivity index (χ0v) is 11.6. The van der Waals surface area contributed by atoms with Crippen LogP contribution in [0.5, 0.6) is 0 Å². The van der Waals surface area contributed by atoms with Gasteiger partial charge in [-0.3, -0.25) is 4.90 Å². The topological polar surface area (TPSA) is 35.6 Å². The molecule has 0 radical (unpaired) electrons. The van der Waals surface area contributed by atoms with Gasteiger partial charge in [0.2, 0.25) is 0 Å². The molecule has 1 aromatic rings. The van der Waals surface area contributed by atoms with Gasteiger partial charge < -0.3 is 10.2 Å². The van der Waals surface area contributed by atoms with E-state index in [1.54, 1.807) is 4.90 Å². The van der Waals surface area contributed by atoms with E-state index in [1.807, 2.05) is 31.1 Å². The molecule has 0 saturated heterocycles. The summed E-state index contributed by atoms with van der Waals surface area (Å²) in [5.74, 6) is 0.734. The minimum absolute atomic E-state index is 0.111. The number of nitrogens with zero attached hydrogens (tertiary/aromatic N) is 2. The highest BCUT2D eigenvalue weighted by atomic mass is 16.2. The van der Waals surface area contributed by atoms with Gasteiger partial charge in [-0.2, -0.15) is 0 Å². The van der Waals surface area contributed by atoms with Crippen molar-refractivity contribution >= 4 is 11.7 Å². The number of rotatable bonds is 4. The second-order valence-corrected chi connectivity index (χ2v) is 5.61. The number of para-hydroxylation sites is 1. The lowest BCUT2D eigenvalue weighted by molar-refractivity contribution is 0.209. The monoisotopic (exact) mass is 259 g/mol. The summed E-state index contributed by atoms with van der Waals surface area (Å²) in [4.78, 5) is 16.1. The molecule has 1 saturated carbocycles. The molecule has 4 nitrogen and oxygen atoms in total. The first-order valence-electron chi connectivity index (χ1n) is 6.98. The normalized spacial score (nSPS) is 20.4. The van der Waals surface area contributed by atoms with Gasteiger partial charge >= 0.3 is 6.03 Å². The predicted octanol–water partition coefficient (Wildman–Crippen LogP) is 2.06. The van der Waals surface area contributed by atoms with Crippen molar-refractivity contribution in [3.8, 4) is 0 Å². The van der Waals surface area contributed by atoms with Crippen LogP contribution >= 0.6 is 0 Å². The van der Waals surface area contributed by atoms with Crippen LogP contribution in [0.1, 0.15) is 18.4 Å². The van der Waals surface area contributed by atoms with Gasteiger partial charge in [-0.05, 0) is 37.4 Å². The third kappa shape index (κ3) is 2.32. The molecule has 1 N–H and O–H groups in total. The lowest BCUT2D eigenvalue weighted by Crippen LogP contribution is -2.50. The van der Waals surface area contributed by atoms with E-state index in [9.17, 15) is 4.79 Å². The van der Waals surface area contributed by atoms with Crippen LogP contribution in [0.3, 0.4) is 0 Å². The SMILES string of the molecule is CNC(CN1C(=O)N(C)Cc2ccccc21)C1CC1. The fraction of sp³-hybridized carbons (Fsp3) is 0.533. The van der Waals surface area contributed by atoms with E-state index >= 15 is 0 Å².